The number of ether oxygens (including phenoxy) is 10. The SMILES string of the molecule is [2H]C(OC[C@H]1OC(OC2(COCc3ccccc3)O[C@H](COCc3ccccc3)[C@@H](OCc3ccccc3)[C@@H]2O)[C@H](OC([2H])c2ccccc2)[C@@H](OC([2H])c2ccccc2)[C@@H]1OC([2H])c1ccccc1)c1ccccc1. The van der Waals surface area contributed by atoms with Gasteiger partial charge in [0, 0.05) is 0 Å². The summed E-state index contributed by atoms with van der Waals surface area (Å²) in [4.78, 5) is 0. The molecule has 0 radical (unpaired) electrons. The second kappa shape index (κ2) is 26.7. The Morgan fingerprint density at radius 1 is 0.389 bits per heavy atom. The third-order valence-electron chi connectivity index (χ3n) is 12.2. The van der Waals surface area contributed by atoms with Gasteiger partial charge in [-0.05, 0) is 38.9 Å². The van der Waals surface area contributed by atoms with Gasteiger partial charge in [-0.25, -0.2) is 0 Å². The van der Waals surface area contributed by atoms with Crippen LogP contribution in [0.25, 0.3) is 0 Å². The molecule has 0 aromatic heterocycles. The first-order valence-electron chi connectivity index (χ1n) is 26.6. The fourth-order valence-corrected chi connectivity index (χ4v) is 8.55. The molecule has 11 nitrogen and oxygen atoms in total. The topological polar surface area (TPSA) is 113 Å². The predicted molar refractivity (Wildman–Crippen MR) is 272 cm³/mol. The Bertz CT molecular complexity index is 2730. The van der Waals surface area contributed by atoms with Gasteiger partial charge in [-0.3, -0.25) is 0 Å². The van der Waals surface area contributed by atoms with Crippen molar-refractivity contribution < 1.29 is 58.0 Å². The molecule has 13 atom stereocenters. The molecule has 2 aliphatic heterocycles. The molecule has 0 aliphatic carbocycles. The third kappa shape index (κ3) is 14.4. The van der Waals surface area contributed by atoms with Gasteiger partial charge in [0.2, 0.25) is 5.79 Å². The quantitative estimate of drug-likeness (QED) is 0.0560. The maximum atomic E-state index is 13.0. The molecule has 2 aliphatic rings. The third-order valence-corrected chi connectivity index (χ3v) is 12.2. The van der Waals surface area contributed by atoms with Crippen molar-refractivity contribution in [2.45, 2.75) is 101 Å². The highest BCUT2D eigenvalue weighted by Gasteiger charge is 2.60. The standard InChI is InChI=1S/C61H64O11/c62-59-56(67-40-50-30-16-5-17-31-50)54(44-64-37-47-24-10-2-11-25-47)71-61(59,45-65-38-48-26-12-3-13-27-48)72-60-58(69-42-52-34-20-7-21-35-52)57(68-41-51-32-18-6-19-33-51)55(66-39-49-28-14-4-15-29-49)53(70-60)43-63-36-46-22-8-1-9-23-46/h1-35,53-60,62H,36-45H2/t53-,54-,55-,56-,57+,58-,59+,60?,61?/m1/s1/i36D,39D,41D,42D/t36?,39?,41?,42?,53-,54-,55-,56-,57+,58-,59+,60?,61?. The van der Waals surface area contributed by atoms with Gasteiger partial charge in [-0.15, -0.1) is 0 Å². The van der Waals surface area contributed by atoms with Gasteiger partial charge in [0.05, 0.1) is 64.8 Å². The highest BCUT2D eigenvalue weighted by atomic mass is 16.8. The van der Waals surface area contributed by atoms with E-state index in [9.17, 15) is 9.22 Å². The van der Waals surface area contributed by atoms with Crippen LogP contribution in [0, 0.1) is 0 Å². The van der Waals surface area contributed by atoms with Gasteiger partial charge in [-0.2, -0.15) is 0 Å². The zero-order valence-electron chi connectivity index (χ0n) is 43.9. The van der Waals surface area contributed by atoms with E-state index >= 15 is 0 Å². The van der Waals surface area contributed by atoms with Crippen molar-refractivity contribution in [1.29, 1.82) is 0 Å². The van der Waals surface area contributed by atoms with E-state index in [0.29, 0.717) is 22.3 Å². The molecule has 72 heavy (non-hydrogen) atoms. The average molecular weight is 977 g/mol. The summed E-state index contributed by atoms with van der Waals surface area (Å²) in [7, 11) is 0. The van der Waals surface area contributed by atoms with E-state index in [1.807, 2.05) is 127 Å². The Morgan fingerprint density at radius 3 is 1.26 bits per heavy atom. The molecule has 11 heteroatoms. The molecule has 1 N–H and O–H groups in total. The Morgan fingerprint density at radius 2 is 0.778 bits per heavy atom. The van der Waals surface area contributed by atoms with E-state index < -0.39 is 81.1 Å². The molecule has 7 aromatic carbocycles. The monoisotopic (exact) mass is 976 g/mol. The fraction of sp³-hybridized carbons (Fsp3) is 0.311. The Balaban J connectivity index is 1.13. The first kappa shape index (κ1) is 45.9. The van der Waals surface area contributed by atoms with E-state index in [2.05, 4.69) is 0 Å². The predicted octanol–water partition coefficient (Wildman–Crippen LogP) is 10.2. The summed E-state index contributed by atoms with van der Waals surface area (Å²) in [6.07, 6.45) is -10.5. The minimum Gasteiger partial charge on any atom is -0.385 e. The van der Waals surface area contributed by atoms with Gasteiger partial charge in [0.15, 0.2) is 6.29 Å². The fourth-order valence-electron chi connectivity index (χ4n) is 8.55. The van der Waals surface area contributed by atoms with Crippen molar-refractivity contribution in [1.82, 2.24) is 0 Å². The normalized spacial score (nSPS) is 26.6. The van der Waals surface area contributed by atoms with E-state index in [1.165, 1.54) is 0 Å². The number of hydrogen-bond acceptors (Lipinski definition) is 11. The number of rotatable bonds is 26. The van der Waals surface area contributed by atoms with Gasteiger partial charge < -0.3 is 52.5 Å². The molecule has 2 fully saturated rings. The largest absolute Gasteiger partial charge is 0.385 e. The number of benzene rings is 7. The first-order valence-corrected chi connectivity index (χ1v) is 24.3. The first-order chi connectivity index (χ1) is 37.2. The number of hydrogen-bond donors (Lipinski definition) is 1. The maximum absolute atomic E-state index is 13.0. The molecular weight excluding hydrogens is 909 g/mol. The van der Waals surface area contributed by atoms with Crippen LogP contribution in [-0.4, -0.2) is 79.7 Å². The van der Waals surface area contributed by atoms with E-state index in [-0.39, 0.29) is 39.6 Å². The summed E-state index contributed by atoms with van der Waals surface area (Å²) in [5.74, 6) is -2.10. The van der Waals surface area contributed by atoms with Crippen molar-refractivity contribution in [2.75, 3.05) is 19.8 Å². The highest BCUT2D eigenvalue weighted by molar-refractivity contribution is 5.19. The maximum Gasteiger partial charge on any atom is 0.224 e. The van der Waals surface area contributed by atoms with Crippen LogP contribution in [0.4, 0.5) is 0 Å². The van der Waals surface area contributed by atoms with E-state index in [4.69, 9.17) is 48.7 Å². The summed E-state index contributed by atoms with van der Waals surface area (Å²) in [5.41, 5.74) is 4.71. The lowest BCUT2D eigenvalue weighted by atomic mass is 9.97. The van der Waals surface area contributed by atoms with Crippen molar-refractivity contribution in [2.24, 2.45) is 0 Å². The minimum absolute atomic E-state index is 0.0338. The molecule has 6 unspecified atom stereocenters. The highest BCUT2D eigenvalue weighted by Crippen LogP contribution is 2.41. The zero-order valence-corrected chi connectivity index (χ0v) is 39.9. The van der Waals surface area contributed by atoms with Gasteiger partial charge in [-0.1, -0.05) is 212 Å². The summed E-state index contributed by atoms with van der Waals surface area (Å²) in [6, 6.07) is 64.6. The van der Waals surface area contributed by atoms with Crippen LogP contribution in [0.15, 0.2) is 212 Å². The summed E-state index contributed by atoms with van der Waals surface area (Å²) < 4.78 is 105. The molecule has 2 heterocycles. The lowest BCUT2D eigenvalue weighted by Gasteiger charge is -2.48. The lowest BCUT2D eigenvalue weighted by molar-refractivity contribution is -0.396. The van der Waals surface area contributed by atoms with Crippen LogP contribution in [0.2, 0.25) is 0 Å². The summed E-state index contributed by atoms with van der Waals surface area (Å²) in [6.45, 7) is -5.52. The second-order valence-corrected chi connectivity index (χ2v) is 17.6. The molecular formula is C61H64O11. The van der Waals surface area contributed by atoms with E-state index in [0.717, 1.165) is 16.7 Å². The van der Waals surface area contributed by atoms with Crippen molar-refractivity contribution in [3.8, 4) is 0 Å². The molecule has 0 saturated carbocycles. The van der Waals surface area contributed by atoms with Crippen LogP contribution >= 0.6 is 0 Å². The summed E-state index contributed by atoms with van der Waals surface area (Å²) in [5, 5.41) is 13.0. The van der Waals surface area contributed by atoms with E-state index in [1.54, 1.807) is 84.9 Å². The zero-order chi connectivity index (χ0) is 52.5. The van der Waals surface area contributed by atoms with Crippen LogP contribution in [0.3, 0.4) is 0 Å². The Kier molecular flexibility index (Phi) is 17.0. The molecule has 374 valence electrons. The molecule has 9 rings (SSSR count). The van der Waals surface area contributed by atoms with Crippen LogP contribution < -0.4 is 0 Å². The van der Waals surface area contributed by atoms with Gasteiger partial charge in [0.25, 0.3) is 0 Å². The second-order valence-electron chi connectivity index (χ2n) is 17.6. The molecule has 0 bridgehead atoms. The van der Waals surface area contributed by atoms with Crippen molar-refractivity contribution in [3.05, 3.63) is 251 Å². The van der Waals surface area contributed by atoms with Crippen molar-refractivity contribution in [3.63, 3.8) is 0 Å². The molecule has 0 amide bonds. The van der Waals surface area contributed by atoms with Crippen LogP contribution in [-0.2, 0) is 93.5 Å². The van der Waals surface area contributed by atoms with Gasteiger partial charge in [0.1, 0.15) is 49.3 Å². The smallest absolute Gasteiger partial charge is 0.224 e. The van der Waals surface area contributed by atoms with Crippen molar-refractivity contribution >= 4 is 0 Å². The lowest BCUT2D eigenvalue weighted by Crippen LogP contribution is -2.64. The number of aliphatic hydroxyl groups is 1. The summed E-state index contributed by atoms with van der Waals surface area (Å²) >= 11 is 0. The minimum atomic E-state index is -2.10. The number of aliphatic hydroxyl groups excluding tert-OH is 1. The Labute approximate surface area is 428 Å². The van der Waals surface area contributed by atoms with Crippen LogP contribution in [0.5, 0.6) is 0 Å². The Hall–Kier alpha value is -5.90. The molecule has 2 saturated heterocycles. The van der Waals surface area contributed by atoms with Crippen LogP contribution in [0.1, 0.15) is 44.4 Å². The molecule has 7 aromatic rings. The average Bonchev–Trinajstić information content (AvgIpc) is 3.73. The van der Waals surface area contributed by atoms with Gasteiger partial charge >= 0.3 is 0 Å². The molecule has 0 spiro atoms.